The van der Waals surface area contributed by atoms with Crippen molar-refractivity contribution in [2.75, 3.05) is 26.2 Å². The molecule has 0 radical (unpaired) electrons. The van der Waals surface area contributed by atoms with Gasteiger partial charge < -0.3 is 10.4 Å². The van der Waals surface area contributed by atoms with Crippen LogP contribution in [0.25, 0.3) is 0 Å². The lowest BCUT2D eigenvalue weighted by Gasteiger charge is -2.36. The Kier molecular flexibility index (Phi) is 6.51. The van der Waals surface area contributed by atoms with Crippen molar-refractivity contribution in [1.29, 1.82) is 0 Å². The van der Waals surface area contributed by atoms with Crippen molar-refractivity contribution < 1.29 is 5.11 Å². The largest absolute Gasteiger partial charge is 0.396 e. The molecule has 20 heavy (non-hydrogen) atoms. The highest BCUT2D eigenvalue weighted by Gasteiger charge is 2.25. The second kappa shape index (κ2) is 8.40. The lowest BCUT2D eigenvalue weighted by atomic mass is 9.87. The summed E-state index contributed by atoms with van der Waals surface area (Å²) in [5.74, 6) is 0.717. The molecule has 1 aromatic carbocycles. The summed E-state index contributed by atoms with van der Waals surface area (Å²) in [5.41, 5.74) is 1.41. The first-order valence-electron chi connectivity index (χ1n) is 7.94. The average molecular weight is 276 g/mol. The lowest BCUT2D eigenvalue weighted by Crippen LogP contribution is -2.43. The zero-order valence-electron chi connectivity index (χ0n) is 12.6. The van der Waals surface area contributed by atoms with Gasteiger partial charge >= 0.3 is 0 Å². The number of likely N-dealkylation sites (tertiary alicyclic amines) is 1. The Bertz CT molecular complexity index is 355. The minimum atomic E-state index is 0.294. The molecule has 1 atom stereocenters. The van der Waals surface area contributed by atoms with E-state index in [1.807, 2.05) is 0 Å². The molecular formula is C17H28N2O. The Labute approximate surface area is 123 Å². The van der Waals surface area contributed by atoms with E-state index >= 15 is 0 Å². The lowest BCUT2D eigenvalue weighted by molar-refractivity contribution is 0.139. The summed E-state index contributed by atoms with van der Waals surface area (Å²) in [6.45, 7) is 6.85. The third-order valence-corrected chi connectivity index (χ3v) is 4.36. The van der Waals surface area contributed by atoms with Crippen LogP contribution in [0, 0.1) is 5.92 Å². The molecule has 0 aromatic heterocycles. The second-order valence-corrected chi connectivity index (χ2v) is 5.78. The fraction of sp³-hybridized carbons (Fsp3) is 0.647. The van der Waals surface area contributed by atoms with Crippen molar-refractivity contribution in [2.45, 2.75) is 38.8 Å². The first-order chi connectivity index (χ1) is 9.83. The highest BCUT2D eigenvalue weighted by Crippen LogP contribution is 2.23. The highest BCUT2D eigenvalue weighted by molar-refractivity contribution is 5.14. The minimum Gasteiger partial charge on any atom is -0.396 e. The molecule has 2 N–H and O–H groups in total. The number of rotatable bonds is 7. The number of aliphatic hydroxyl groups is 1. The molecule has 0 aliphatic carbocycles. The quantitative estimate of drug-likeness (QED) is 0.802. The standard InChI is InChI=1S/C17H28N2O/c1-2-18-17(10-13-20)16-8-11-19(12-9-16)14-15-6-4-3-5-7-15/h3-7,16-18,20H,2,8-14H2,1H3. The van der Waals surface area contributed by atoms with Crippen molar-refractivity contribution in [1.82, 2.24) is 10.2 Å². The predicted molar refractivity (Wildman–Crippen MR) is 83.6 cm³/mol. The van der Waals surface area contributed by atoms with Crippen LogP contribution in [0.1, 0.15) is 31.7 Å². The second-order valence-electron chi connectivity index (χ2n) is 5.78. The van der Waals surface area contributed by atoms with Gasteiger partial charge in [-0.25, -0.2) is 0 Å². The number of piperidine rings is 1. The zero-order valence-corrected chi connectivity index (χ0v) is 12.6. The van der Waals surface area contributed by atoms with Gasteiger partial charge in [0.1, 0.15) is 0 Å². The van der Waals surface area contributed by atoms with Crippen molar-refractivity contribution in [2.24, 2.45) is 5.92 Å². The fourth-order valence-electron chi connectivity index (χ4n) is 3.26. The number of benzene rings is 1. The molecule has 0 spiro atoms. The van der Waals surface area contributed by atoms with Crippen LogP contribution >= 0.6 is 0 Å². The van der Waals surface area contributed by atoms with E-state index in [4.69, 9.17) is 0 Å². The Morgan fingerprint density at radius 2 is 1.95 bits per heavy atom. The summed E-state index contributed by atoms with van der Waals surface area (Å²) in [6, 6.07) is 11.2. The van der Waals surface area contributed by atoms with Gasteiger partial charge in [0, 0.05) is 19.2 Å². The Morgan fingerprint density at radius 1 is 1.25 bits per heavy atom. The maximum absolute atomic E-state index is 9.19. The van der Waals surface area contributed by atoms with E-state index in [2.05, 4.69) is 47.5 Å². The first-order valence-corrected chi connectivity index (χ1v) is 7.94. The first kappa shape index (κ1) is 15.5. The monoisotopic (exact) mass is 276 g/mol. The summed E-state index contributed by atoms with van der Waals surface area (Å²) in [4.78, 5) is 2.55. The molecule has 3 heteroatoms. The molecular weight excluding hydrogens is 248 g/mol. The van der Waals surface area contributed by atoms with Gasteiger partial charge in [-0.15, -0.1) is 0 Å². The van der Waals surface area contributed by atoms with Crippen LogP contribution in [0.2, 0.25) is 0 Å². The van der Waals surface area contributed by atoms with Crippen molar-refractivity contribution in [3.05, 3.63) is 35.9 Å². The fourth-order valence-corrected chi connectivity index (χ4v) is 3.26. The summed E-state index contributed by atoms with van der Waals surface area (Å²) in [7, 11) is 0. The summed E-state index contributed by atoms with van der Waals surface area (Å²) >= 11 is 0. The summed E-state index contributed by atoms with van der Waals surface area (Å²) in [6.07, 6.45) is 3.37. The van der Waals surface area contributed by atoms with E-state index in [0.717, 1.165) is 19.5 Å². The Balaban J connectivity index is 1.79. The third kappa shape index (κ3) is 4.58. The third-order valence-electron chi connectivity index (χ3n) is 4.36. The molecule has 0 amide bonds. The SMILES string of the molecule is CCNC(CCO)C1CCN(Cc2ccccc2)CC1. The van der Waals surface area contributed by atoms with Crippen LogP contribution in [-0.2, 0) is 6.54 Å². The van der Waals surface area contributed by atoms with Crippen molar-refractivity contribution in [3.8, 4) is 0 Å². The van der Waals surface area contributed by atoms with E-state index in [1.54, 1.807) is 0 Å². The van der Waals surface area contributed by atoms with Gasteiger partial charge in [0.25, 0.3) is 0 Å². The number of nitrogens with one attached hydrogen (secondary N) is 1. The maximum Gasteiger partial charge on any atom is 0.0445 e. The normalized spacial score (nSPS) is 19.1. The molecule has 1 saturated heterocycles. The summed E-state index contributed by atoms with van der Waals surface area (Å²) in [5, 5.41) is 12.7. The molecule has 1 aromatic rings. The molecule has 1 aliphatic rings. The topological polar surface area (TPSA) is 35.5 Å². The van der Waals surface area contributed by atoms with Gasteiger partial charge in [0.05, 0.1) is 0 Å². The number of nitrogens with zero attached hydrogens (tertiary/aromatic N) is 1. The van der Waals surface area contributed by atoms with Crippen LogP contribution < -0.4 is 5.32 Å². The summed E-state index contributed by atoms with van der Waals surface area (Å²) < 4.78 is 0. The Morgan fingerprint density at radius 3 is 2.55 bits per heavy atom. The number of hydrogen-bond acceptors (Lipinski definition) is 3. The minimum absolute atomic E-state index is 0.294. The molecule has 3 nitrogen and oxygen atoms in total. The van der Waals surface area contributed by atoms with Crippen LogP contribution in [0.15, 0.2) is 30.3 Å². The predicted octanol–water partition coefficient (Wildman–Crippen LogP) is 2.26. The zero-order chi connectivity index (χ0) is 14.2. The molecule has 0 bridgehead atoms. The van der Waals surface area contributed by atoms with Crippen LogP contribution in [0.4, 0.5) is 0 Å². The van der Waals surface area contributed by atoms with Gasteiger partial charge in [-0.2, -0.15) is 0 Å². The maximum atomic E-state index is 9.19. The Hall–Kier alpha value is -0.900. The molecule has 1 aliphatic heterocycles. The van der Waals surface area contributed by atoms with Gasteiger partial charge in [0.2, 0.25) is 0 Å². The van der Waals surface area contributed by atoms with Crippen molar-refractivity contribution in [3.63, 3.8) is 0 Å². The average Bonchev–Trinajstić information content (AvgIpc) is 2.49. The molecule has 0 saturated carbocycles. The van der Waals surface area contributed by atoms with E-state index < -0.39 is 0 Å². The van der Waals surface area contributed by atoms with E-state index in [9.17, 15) is 5.11 Å². The van der Waals surface area contributed by atoms with E-state index in [-0.39, 0.29) is 0 Å². The van der Waals surface area contributed by atoms with Crippen LogP contribution in [0.3, 0.4) is 0 Å². The molecule has 112 valence electrons. The van der Waals surface area contributed by atoms with Gasteiger partial charge in [-0.3, -0.25) is 4.90 Å². The van der Waals surface area contributed by atoms with Crippen LogP contribution in [-0.4, -0.2) is 42.3 Å². The molecule has 1 unspecified atom stereocenters. The van der Waals surface area contributed by atoms with Crippen LogP contribution in [0.5, 0.6) is 0 Å². The van der Waals surface area contributed by atoms with Crippen molar-refractivity contribution >= 4 is 0 Å². The molecule has 1 fully saturated rings. The highest BCUT2D eigenvalue weighted by atomic mass is 16.3. The smallest absolute Gasteiger partial charge is 0.0445 e. The molecule has 1 heterocycles. The van der Waals surface area contributed by atoms with Gasteiger partial charge in [-0.05, 0) is 50.4 Å². The molecule has 2 rings (SSSR count). The van der Waals surface area contributed by atoms with E-state index in [0.29, 0.717) is 18.6 Å². The number of hydrogen-bond donors (Lipinski definition) is 2. The van der Waals surface area contributed by atoms with Gasteiger partial charge in [0.15, 0.2) is 0 Å². The van der Waals surface area contributed by atoms with Gasteiger partial charge in [-0.1, -0.05) is 37.3 Å². The number of aliphatic hydroxyl groups excluding tert-OH is 1. The van der Waals surface area contributed by atoms with E-state index in [1.165, 1.54) is 31.5 Å².